The van der Waals surface area contributed by atoms with Crippen molar-refractivity contribution in [1.82, 2.24) is 20.0 Å². The number of hydrogen-bond donors (Lipinski definition) is 1. The number of benzene rings is 1. The lowest BCUT2D eigenvalue weighted by molar-refractivity contribution is 0.299. The number of nitrogens with one attached hydrogen (secondary N) is 1. The molecule has 0 bridgehead atoms. The average molecular weight is 298 g/mol. The first-order valence-corrected chi connectivity index (χ1v) is 7.94. The predicted molar refractivity (Wildman–Crippen MR) is 85.2 cm³/mol. The van der Waals surface area contributed by atoms with E-state index in [1.807, 2.05) is 29.1 Å². The summed E-state index contributed by atoms with van der Waals surface area (Å²) in [4.78, 5) is 2.55. The molecule has 0 radical (unpaired) electrons. The monoisotopic (exact) mass is 298 g/mol. The van der Waals surface area contributed by atoms with Gasteiger partial charge in [-0.15, -0.1) is 0 Å². The van der Waals surface area contributed by atoms with Gasteiger partial charge in [-0.2, -0.15) is 5.10 Å². The number of nitrogens with zero attached hydrogens (tertiary/aromatic N) is 3. The van der Waals surface area contributed by atoms with E-state index in [0.29, 0.717) is 0 Å². The van der Waals surface area contributed by atoms with Gasteiger partial charge in [0.15, 0.2) is 0 Å². The Kier molecular flexibility index (Phi) is 3.60. The van der Waals surface area contributed by atoms with Gasteiger partial charge >= 0.3 is 0 Å². The third-order valence-corrected chi connectivity index (χ3v) is 4.89. The summed E-state index contributed by atoms with van der Waals surface area (Å²) in [5.41, 5.74) is 2.23. The van der Waals surface area contributed by atoms with Crippen LogP contribution in [0.1, 0.15) is 5.69 Å². The molecular weight excluding hydrogens is 276 g/mol. The van der Waals surface area contributed by atoms with E-state index >= 15 is 0 Å². The van der Waals surface area contributed by atoms with Crippen LogP contribution in [0.3, 0.4) is 0 Å². The fourth-order valence-corrected chi connectivity index (χ4v) is 3.78. The molecule has 3 heterocycles. The molecule has 2 fully saturated rings. The Morgan fingerprint density at radius 2 is 1.95 bits per heavy atom. The van der Waals surface area contributed by atoms with E-state index in [1.54, 1.807) is 7.11 Å². The molecule has 0 spiro atoms. The van der Waals surface area contributed by atoms with E-state index in [-0.39, 0.29) is 0 Å². The number of ether oxygens (including phenoxy) is 1. The van der Waals surface area contributed by atoms with Crippen LogP contribution in [0.2, 0.25) is 0 Å². The Morgan fingerprint density at radius 1 is 1.18 bits per heavy atom. The largest absolute Gasteiger partial charge is 0.494 e. The second-order valence-corrected chi connectivity index (χ2v) is 6.28. The lowest BCUT2D eigenvalue weighted by Gasteiger charge is -2.18. The minimum absolute atomic E-state index is 0.822. The second-order valence-electron chi connectivity index (χ2n) is 6.28. The van der Waals surface area contributed by atoms with Crippen molar-refractivity contribution in [2.75, 3.05) is 33.3 Å². The number of para-hydroxylation sites is 2. The number of methoxy groups -OCH3 is 1. The van der Waals surface area contributed by atoms with Gasteiger partial charge in [-0.25, -0.2) is 4.68 Å². The summed E-state index contributed by atoms with van der Waals surface area (Å²) in [6, 6.07) is 10.2. The summed E-state index contributed by atoms with van der Waals surface area (Å²) < 4.78 is 7.48. The summed E-state index contributed by atoms with van der Waals surface area (Å²) >= 11 is 0. The van der Waals surface area contributed by atoms with Crippen LogP contribution in [0.4, 0.5) is 0 Å². The topological polar surface area (TPSA) is 42.3 Å². The Hall–Kier alpha value is -1.85. The highest BCUT2D eigenvalue weighted by Crippen LogP contribution is 2.28. The van der Waals surface area contributed by atoms with Gasteiger partial charge in [-0.1, -0.05) is 12.1 Å². The Balaban J connectivity index is 1.56. The van der Waals surface area contributed by atoms with Crippen LogP contribution in [0.15, 0.2) is 36.5 Å². The molecule has 5 heteroatoms. The molecule has 5 nitrogen and oxygen atoms in total. The highest BCUT2D eigenvalue weighted by Gasteiger charge is 2.36. The molecule has 2 aromatic rings. The van der Waals surface area contributed by atoms with Gasteiger partial charge in [0.05, 0.1) is 12.8 Å². The van der Waals surface area contributed by atoms with Gasteiger partial charge in [-0.3, -0.25) is 4.90 Å². The fraction of sp³-hybridized carbons (Fsp3) is 0.471. The summed E-state index contributed by atoms with van der Waals surface area (Å²) in [5.74, 6) is 2.50. The van der Waals surface area contributed by atoms with Crippen LogP contribution >= 0.6 is 0 Å². The van der Waals surface area contributed by atoms with Crippen molar-refractivity contribution >= 4 is 0 Å². The molecular formula is C17H22N4O. The summed E-state index contributed by atoms with van der Waals surface area (Å²) in [6.45, 7) is 5.68. The summed E-state index contributed by atoms with van der Waals surface area (Å²) in [6.07, 6.45) is 1.88. The molecule has 4 rings (SSSR count). The van der Waals surface area contributed by atoms with E-state index in [2.05, 4.69) is 27.4 Å². The summed E-state index contributed by atoms with van der Waals surface area (Å²) in [5, 5.41) is 8.00. The molecule has 0 saturated carbocycles. The van der Waals surface area contributed by atoms with Crippen molar-refractivity contribution in [3.63, 3.8) is 0 Å². The third kappa shape index (κ3) is 2.40. The first-order valence-electron chi connectivity index (χ1n) is 7.94. The number of likely N-dealkylation sites (tertiary alicyclic amines) is 1. The summed E-state index contributed by atoms with van der Waals surface area (Å²) in [7, 11) is 1.71. The van der Waals surface area contributed by atoms with E-state index in [4.69, 9.17) is 4.74 Å². The second kappa shape index (κ2) is 5.74. The van der Waals surface area contributed by atoms with Crippen molar-refractivity contribution in [3.05, 3.63) is 42.2 Å². The molecule has 0 aliphatic carbocycles. The van der Waals surface area contributed by atoms with E-state index in [0.717, 1.165) is 29.8 Å². The van der Waals surface area contributed by atoms with Gasteiger partial charge in [0.25, 0.3) is 0 Å². The van der Waals surface area contributed by atoms with Crippen LogP contribution in [-0.4, -0.2) is 48.0 Å². The Bertz CT molecular complexity index is 642. The van der Waals surface area contributed by atoms with Gasteiger partial charge in [0.1, 0.15) is 11.4 Å². The first kappa shape index (κ1) is 13.8. The predicted octanol–water partition coefficient (Wildman–Crippen LogP) is 1.53. The standard InChI is InChI=1S/C17H22N4O/c1-22-17-5-3-2-4-16(17)21-15(6-7-19-21)12-20-10-13-8-18-9-14(13)11-20/h2-7,13-14,18H,8-12H2,1H3/t13-,14+. The lowest BCUT2D eigenvalue weighted by atomic mass is 10.0. The number of rotatable bonds is 4. The maximum absolute atomic E-state index is 5.47. The quantitative estimate of drug-likeness (QED) is 0.929. The molecule has 1 aromatic carbocycles. The van der Waals surface area contributed by atoms with Crippen molar-refractivity contribution in [1.29, 1.82) is 0 Å². The zero-order valence-corrected chi connectivity index (χ0v) is 12.9. The molecule has 1 aromatic heterocycles. The SMILES string of the molecule is COc1ccccc1-n1nccc1CN1C[C@H]2CNC[C@H]2C1. The van der Waals surface area contributed by atoms with Crippen LogP contribution in [-0.2, 0) is 6.54 Å². The highest BCUT2D eigenvalue weighted by molar-refractivity contribution is 5.46. The van der Waals surface area contributed by atoms with Crippen LogP contribution < -0.4 is 10.1 Å². The van der Waals surface area contributed by atoms with Crippen molar-refractivity contribution < 1.29 is 4.74 Å². The molecule has 0 unspecified atom stereocenters. The zero-order chi connectivity index (χ0) is 14.9. The molecule has 0 amide bonds. The van der Waals surface area contributed by atoms with E-state index < -0.39 is 0 Å². The van der Waals surface area contributed by atoms with Gasteiger partial charge in [-0.05, 0) is 43.1 Å². The van der Waals surface area contributed by atoms with Crippen LogP contribution in [0.5, 0.6) is 5.75 Å². The van der Waals surface area contributed by atoms with Crippen molar-refractivity contribution in [3.8, 4) is 11.4 Å². The third-order valence-electron chi connectivity index (χ3n) is 4.89. The number of fused-ring (bicyclic) bond motifs is 1. The average Bonchev–Trinajstić information content (AvgIpc) is 3.23. The zero-order valence-electron chi connectivity index (χ0n) is 12.9. The minimum atomic E-state index is 0.822. The molecule has 2 aliphatic heterocycles. The maximum Gasteiger partial charge on any atom is 0.144 e. The minimum Gasteiger partial charge on any atom is -0.494 e. The van der Waals surface area contributed by atoms with Crippen LogP contribution in [0.25, 0.3) is 5.69 Å². The van der Waals surface area contributed by atoms with Crippen molar-refractivity contribution in [2.45, 2.75) is 6.54 Å². The number of aromatic nitrogens is 2. The molecule has 22 heavy (non-hydrogen) atoms. The Labute approximate surface area is 130 Å². The van der Waals surface area contributed by atoms with Crippen molar-refractivity contribution in [2.24, 2.45) is 11.8 Å². The molecule has 2 saturated heterocycles. The molecule has 116 valence electrons. The van der Waals surface area contributed by atoms with Gasteiger partial charge in [0, 0.05) is 25.8 Å². The Morgan fingerprint density at radius 3 is 2.73 bits per heavy atom. The normalized spacial score (nSPS) is 24.6. The van der Waals surface area contributed by atoms with Gasteiger partial charge < -0.3 is 10.1 Å². The number of hydrogen-bond acceptors (Lipinski definition) is 4. The van der Waals surface area contributed by atoms with Crippen LogP contribution in [0, 0.1) is 11.8 Å². The first-order chi connectivity index (χ1) is 10.8. The fourth-order valence-electron chi connectivity index (χ4n) is 3.78. The smallest absolute Gasteiger partial charge is 0.144 e. The molecule has 2 aliphatic rings. The molecule has 2 atom stereocenters. The molecule has 1 N–H and O–H groups in total. The maximum atomic E-state index is 5.47. The van der Waals surface area contributed by atoms with E-state index in [9.17, 15) is 0 Å². The van der Waals surface area contributed by atoms with Gasteiger partial charge in [0.2, 0.25) is 0 Å². The van der Waals surface area contributed by atoms with E-state index in [1.165, 1.54) is 31.9 Å². The highest BCUT2D eigenvalue weighted by atomic mass is 16.5. The lowest BCUT2D eigenvalue weighted by Crippen LogP contribution is -2.26.